The Morgan fingerprint density at radius 1 is 0.951 bits per heavy atom. The van der Waals surface area contributed by atoms with Crippen molar-refractivity contribution < 1.29 is 9.59 Å². The van der Waals surface area contributed by atoms with Gasteiger partial charge in [-0.3, -0.25) is 19.7 Å². The molecule has 1 fully saturated rings. The number of Topliss-reactive ketones (excluding diaryl/α,β-unsaturated/α-hetero) is 1. The normalized spacial score (nSPS) is 14.1. The lowest BCUT2D eigenvalue weighted by Gasteiger charge is -2.20. The summed E-state index contributed by atoms with van der Waals surface area (Å²) in [6, 6.07) is 16.1. The first-order valence-corrected chi connectivity index (χ1v) is 14.7. The van der Waals surface area contributed by atoms with Crippen molar-refractivity contribution in [3.63, 3.8) is 0 Å². The van der Waals surface area contributed by atoms with Crippen LogP contribution in [0.3, 0.4) is 0 Å². The molecular weight excluding hydrogens is 532 g/mol. The molecule has 0 radical (unpaired) electrons. The van der Waals surface area contributed by atoms with Gasteiger partial charge >= 0.3 is 0 Å². The van der Waals surface area contributed by atoms with Crippen LogP contribution < -0.4 is 5.32 Å². The standard InChI is InChI=1S/C32H28N6O2S/c1-18(39)28-10-11-29(41-28)23-8-5-9-26-24(23)14-27(36-26)30-25-13-21(16-34-31(25)38-37-30)20-12-22(17-33-15-20)35-32(40)19-6-3-2-4-7-19/h5,8-17,19,36H,2-4,6-7H2,1H3,(H,35,40)(H,34,37,38). The van der Waals surface area contributed by atoms with Crippen molar-refractivity contribution in [1.82, 2.24) is 25.1 Å². The van der Waals surface area contributed by atoms with Crippen molar-refractivity contribution in [2.75, 3.05) is 5.32 Å². The first-order chi connectivity index (χ1) is 20.0. The van der Waals surface area contributed by atoms with Gasteiger partial charge in [-0.15, -0.1) is 11.3 Å². The van der Waals surface area contributed by atoms with E-state index in [9.17, 15) is 9.59 Å². The maximum atomic E-state index is 12.8. The molecule has 0 unspecified atom stereocenters. The number of carbonyl (C=O) groups is 2. The molecule has 0 aliphatic heterocycles. The number of aromatic nitrogens is 5. The lowest BCUT2D eigenvalue weighted by atomic mass is 9.88. The van der Waals surface area contributed by atoms with Crippen LogP contribution in [0.25, 0.3) is 54.9 Å². The monoisotopic (exact) mass is 560 g/mol. The number of aromatic amines is 2. The quantitative estimate of drug-likeness (QED) is 0.181. The third-order valence-electron chi connectivity index (χ3n) is 7.87. The number of fused-ring (bicyclic) bond motifs is 2. The van der Waals surface area contributed by atoms with Crippen molar-refractivity contribution in [1.29, 1.82) is 0 Å². The van der Waals surface area contributed by atoms with Crippen molar-refractivity contribution in [2.24, 2.45) is 5.92 Å². The summed E-state index contributed by atoms with van der Waals surface area (Å²) in [5.41, 5.74) is 6.81. The topological polar surface area (TPSA) is 116 Å². The van der Waals surface area contributed by atoms with Gasteiger partial charge in [-0.2, -0.15) is 5.10 Å². The van der Waals surface area contributed by atoms with E-state index in [0.29, 0.717) is 11.3 Å². The number of anilines is 1. The number of carbonyl (C=O) groups excluding carboxylic acids is 2. The molecule has 3 N–H and O–H groups in total. The average Bonchev–Trinajstić information content (AvgIpc) is 3.75. The molecule has 1 aliphatic carbocycles. The zero-order chi connectivity index (χ0) is 27.9. The fourth-order valence-corrected chi connectivity index (χ4v) is 6.65. The predicted molar refractivity (Wildman–Crippen MR) is 163 cm³/mol. The highest BCUT2D eigenvalue weighted by atomic mass is 32.1. The summed E-state index contributed by atoms with van der Waals surface area (Å²) < 4.78 is 0. The molecule has 0 saturated heterocycles. The molecule has 9 heteroatoms. The van der Waals surface area contributed by atoms with E-state index in [-0.39, 0.29) is 17.6 Å². The van der Waals surface area contributed by atoms with E-state index in [1.54, 1.807) is 25.5 Å². The van der Waals surface area contributed by atoms with E-state index in [1.165, 1.54) is 17.8 Å². The molecular formula is C32H28N6O2S. The van der Waals surface area contributed by atoms with Crippen LogP contribution in [0.15, 0.2) is 67.1 Å². The highest BCUT2D eigenvalue weighted by molar-refractivity contribution is 7.17. The number of nitrogens with one attached hydrogen (secondary N) is 3. The molecule has 1 amide bonds. The molecule has 8 nitrogen and oxygen atoms in total. The minimum absolute atomic E-state index is 0.0711. The number of ketones is 1. The second-order valence-electron chi connectivity index (χ2n) is 10.6. The summed E-state index contributed by atoms with van der Waals surface area (Å²) >= 11 is 1.50. The second kappa shape index (κ2) is 10.4. The minimum Gasteiger partial charge on any atom is -0.353 e. The van der Waals surface area contributed by atoms with Gasteiger partial charge in [0.1, 0.15) is 5.69 Å². The first-order valence-electron chi connectivity index (χ1n) is 13.9. The highest BCUT2D eigenvalue weighted by Gasteiger charge is 2.21. The first kappa shape index (κ1) is 25.3. The van der Waals surface area contributed by atoms with Crippen LogP contribution in [0.1, 0.15) is 48.7 Å². The highest BCUT2D eigenvalue weighted by Crippen LogP contribution is 2.37. The Bertz CT molecular complexity index is 1930. The molecule has 41 heavy (non-hydrogen) atoms. The fourth-order valence-electron chi connectivity index (χ4n) is 5.71. The third kappa shape index (κ3) is 4.82. The number of amides is 1. The van der Waals surface area contributed by atoms with Crippen LogP contribution in [-0.4, -0.2) is 36.8 Å². The van der Waals surface area contributed by atoms with Crippen LogP contribution in [0.4, 0.5) is 5.69 Å². The number of pyridine rings is 2. The number of nitrogens with zero attached hydrogens (tertiary/aromatic N) is 3. The smallest absolute Gasteiger partial charge is 0.227 e. The Morgan fingerprint density at radius 3 is 2.63 bits per heavy atom. The maximum absolute atomic E-state index is 12.8. The van der Waals surface area contributed by atoms with Crippen LogP contribution in [-0.2, 0) is 4.79 Å². The van der Waals surface area contributed by atoms with Crippen molar-refractivity contribution in [2.45, 2.75) is 39.0 Å². The molecule has 6 aromatic rings. The molecule has 5 heterocycles. The van der Waals surface area contributed by atoms with Gasteiger partial charge in [-0.05, 0) is 56.2 Å². The number of hydrogen-bond donors (Lipinski definition) is 3. The Kier molecular flexibility index (Phi) is 6.43. The number of H-pyrrole nitrogens is 2. The van der Waals surface area contributed by atoms with Gasteiger partial charge in [0.05, 0.1) is 22.5 Å². The predicted octanol–water partition coefficient (Wildman–Crippen LogP) is 7.62. The van der Waals surface area contributed by atoms with Gasteiger partial charge < -0.3 is 10.3 Å². The van der Waals surface area contributed by atoms with E-state index >= 15 is 0 Å². The van der Waals surface area contributed by atoms with Crippen LogP contribution >= 0.6 is 11.3 Å². The van der Waals surface area contributed by atoms with Gasteiger partial charge in [0, 0.05) is 56.2 Å². The molecule has 0 atom stereocenters. The lowest BCUT2D eigenvalue weighted by molar-refractivity contribution is -0.120. The Balaban J connectivity index is 1.22. The molecule has 0 spiro atoms. The van der Waals surface area contributed by atoms with E-state index < -0.39 is 0 Å². The zero-order valence-electron chi connectivity index (χ0n) is 22.5. The van der Waals surface area contributed by atoms with E-state index in [1.807, 2.05) is 30.3 Å². The van der Waals surface area contributed by atoms with Crippen molar-refractivity contribution in [3.8, 4) is 33.0 Å². The maximum Gasteiger partial charge on any atom is 0.227 e. The van der Waals surface area contributed by atoms with Gasteiger partial charge in [-0.25, -0.2) is 4.98 Å². The molecule has 0 bridgehead atoms. The lowest BCUT2D eigenvalue weighted by Crippen LogP contribution is -2.24. The summed E-state index contributed by atoms with van der Waals surface area (Å²) in [6.45, 7) is 1.59. The van der Waals surface area contributed by atoms with Gasteiger partial charge in [0.2, 0.25) is 5.91 Å². The van der Waals surface area contributed by atoms with Crippen molar-refractivity contribution in [3.05, 3.63) is 72.0 Å². The number of rotatable bonds is 6. The average molecular weight is 561 g/mol. The third-order valence-corrected chi connectivity index (χ3v) is 9.09. The zero-order valence-corrected chi connectivity index (χ0v) is 23.3. The van der Waals surface area contributed by atoms with Crippen LogP contribution in [0, 0.1) is 5.92 Å². The molecule has 1 saturated carbocycles. The molecule has 1 aromatic carbocycles. The summed E-state index contributed by atoms with van der Waals surface area (Å²) in [7, 11) is 0. The van der Waals surface area contributed by atoms with Gasteiger partial charge in [0.25, 0.3) is 0 Å². The van der Waals surface area contributed by atoms with Crippen LogP contribution in [0.2, 0.25) is 0 Å². The number of thiophene rings is 1. The Morgan fingerprint density at radius 2 is 1.80 bits per heavy atom. The summed E-state index contributed by atoms with van der Waals surface area (Å²) in [5, 5.41) is 12.7. The number of benzene rings is 1. The summed E-state index contributed by atoms with van der Waals surface area (Å²) in [5.74, 6) is 0.223. The van der Waals surface area contributed by atoms with Crippen LogP contribution in [0.5, 0.6) is 0 Å². The van der Waals surface area contributed by atoms with E-state index in [2.05, 4.69) is 48.7 Å². The molecule has 5 aromatic heterocycles. The molecule has 204 valence electrons. The minimum atomic E-state index is 0.0711. The van der Waals surface area contributed by atoms with Gasteiger partial charge in [0.15, 0.2) is 11.4 Å². The molecule has 1 aliphatic rings. The van der Waals surface area contributed by atoms with Crippen molar-refractivity contribution >= 4 is 50.7 Å². The van der Waals surface area contributed by atoms with E-state index in [0.717, 1.165) is 79.8 Å². The number of hydrogen-bond acceptors (Lipinski definition) is 6. The van der Waals surface area contributed by atoms with E-state index in [4.69, 9.17) is 0 Å². The second-order valence-corrected chi connectivity index (χ2v) is 11.7. The fraction of sp³-hybridized carbons (Fsp3) is 0.219. The van der Waals surface area contributed by atoms with Gasteiger partial charge in [-0.1, -0.05) is 31.4 Å². The molecule has 7 rings (SSSR count). The largest absolute Gasteiger partial charge is 0.353 e. The Labute approximate surface area is 240 Å². The Hall–Kier alpha value is -4.63. The SMILES string of the molecule is CC(=O)c1ccc(-c2cccc3[nH]c(-c4n[nH]c5ncc(-c6cncc(NC(=O)C7CCCCC7)c6)cc45)cc23)s1. The summed E-state index contributed by atoms with van der Waals surface area (Å²) in [6.07, 6.45) is 10.6. The summed E-state index contributed by atoms with van der Waals surface area (Å²) in [4.78, 5) is 39.0.